The lowest BCUT2D eigenvalue weighted by molar-refractivity contribution is 0.445. The van der Waals surface area contributed by atoms with Crippen molar-refractivity contribution in [2.75, 3.05) is 5.32 Å². The molecule has 1 nitrogen and oxygen atoms in total. The van der Waals surface area contributed by atoms with Crippen molar-refractivity contribution in [1.29, 1.82) is 0 Å². The maximum absolute atomic E-state index is 13.1. The minimum atomic E-state index is -1.43. The molecule has 0 spiro atoms. The smallest absolute Gasteiger partial charge is 0.194 e. The Morgan fingerprint density at radius 2 is 1.65 bits per heavy atom. The third-order valence-corrected chi connectivity index (χ3v) is 3.09. The highest BCUT2D eigenvalue weighted by Gasteiger charge is 2.10. The number of nitrogens with one attached hydrogen (secondary N) is 1. The highest BCUT2D eigenvalue weighted by molar-refractivity contribution is 5.47. The van der Waals surface area contributed by atoms with Gasteiger partial charge in [-0.25, -0.2) is 13.2 Å². The molecular weight excluding hydrogens is 263 g/mol. The van der Waals surface area contributed by atoms with Crippen molar-refractivity contribution in [3.63, 3.8) is 0 Å². The number of hydrogen-bond donors (Lipinski definition) is 1. The molecule has 0 bridgehead atoms. The van der Waals surface area contributed by atoms with Gasteiger partial charge in [-0.15, -0.1) is 0 Å². The third-order valence-electron chi connectivity index (χ3n) is 3.09. The summed E-state index contributed by atoms with van der Waals surface area (Å²) in [6.07, 6.45) is 0. The van der Waals surface area contributed by atoms with Crippen molar-refractivity contribution in [2.24, 2.45) is 0 Å². The molecule has 0 unspecified atom stereocenters. The van der Waals surface area contributed by atoms with Crippen LogP contribution < -0.4 is 5.32 Å². The van der Waals surface area contributed by atoms with E-state index in [2.05, 4.69) is 19.2 Å². The zero-order valence-electron chi connectivity index (χ0n) is 11.4. The summed E-state index contributed by atoms with van der Waals surface area (Å²) in [6.45, 7) is 4.41. The van der Waals surface area contributed by atoms with Gasteiger partial charge in [0.15, 0.2) is 17.5 Å². The quantitative estimate of drug-likeness (QED) is 0.790. The molecule has 4 heteroatoms. The summed E-state index contributed by atoms with van der Waals surface area (Å²) in [6, 6.07) is 9.80. The van der Waals surface area contributed by atoms with E-state index < -0.39 is 17.5 Å². The van der Waals surface area contributed by atoms with Crippen LogP contribution in [-0.4, -0.2) is 0 Å². The zero-order valence-corrected chi connectivity index (χ0v) is 11.4. The van der Waals surface area contributed by atoms with Crippen molar-refractivity contribution < 1.29 is 13.2 Å². The second-order valence-corrected chi connectivity index (χ2v) is 5.01. The number of hydrogen-bond acceptors (Lipinski definition) is 1. The van der Waals surface area contributed by atoms with Crippen LogP contribution in [0.15, 0.2) is 36.4 Å². The van der Waals surface area contributed by atoms with E-state index in [1.54, 1.807) is 0 Å². The minimum Gasteiger partial charge on any atom is -0.381 e. The summed E-state index contributed by atoms with van der Waals surface area (Å²) in [5.41, 5.74) is 2.39. The van der Waals surface area contributed by atoms with Gasteiger partial charge in [0.05, 0.1) is 0 Å². The first-order valence-corrected chi connectivity index (χ1v) is 6.44. The van der Waals surface area contributed by atoms with Crippen LogP contribution in [-0.2, 0) is 6.54 Å². The summed E-state index contributed by atoms with van der Waals surface area (Å²) < 4.78 is 39.0. The highest BCUT2D eigenvalue weighted by atomic mass is 19.2. The summed E-state index contributed by atoms with van der Waals surface area (Å²) in [5, 5.41) is 3.07. The Balaban J connectivity index is 2.11. The van der Waals surface area contributed by atoms with Crippen molar-refractivity contribution >= 4 is 5.69 Å². The van der Waals surface area contributed by atoms with Crippen molar-refractivity contribution in [1.82, 2.24) is 0 Å². The molecule has 0 atom stereocenters. The Morgan fingerprint density at radius 3 is 2.25 bits per heavy atom. The van der Waals surface area contributed by atoms with Crippen LogP contribution in [0, 0.1) is 17.5 Å². The average Bonchev–Trinajstić information content (AvgIpc) is 2.42. The molecule has 0 aliphatic heterocycles. The molecule has 0 aliphatic rings. The van der Waals surface area contributed by atoms with Gasteiger partial charge in [-0.05, 0) is 41.3 Å². The fourth-order valence-corrected chi connectivity index (χ4v) is 1.92. The van der Waals surface area contributed by atoms with Crippen LogP contribution in [0.2, 0.25) is 0 Å². The van der Waals surface area contributed by atoms with E-state index in [0.29, 0.717) is 11.5 Å². The van der Waals surface area contributed by atoms with Gasteiger partial charge in [0.1, 0.15) is 0 Å². The van der Waals surface area contributed by atoms with Crippen LogP contribution in [0.4, 0.5) is 18.9 Å². The van der Waals surface area contributed by atoms with Gasteiger partial charge in [-0.2, -0.15) is 0 Å². The van der Waals surface area contributed by atoms with E-state index in [1.807, 2.05) is 24.3 Å². The Bertz CT molecular complexity index is 585. The molecule has 20 heavy (non-hydrogen) atoms. The molecule has 0 saturated carbocycles. The monoisotopic (exact) mass is 279 g/mol. The second kappa shape index (κ2) is 5.99. The van der Waals surface area contributed by atoms with E-state index in [1.165, 1.54) is 5.56 Å². The number of rotatable bonds is 4. The SMILES string of the molecule is CC(C)c1cccc(NCc2cc(F)c(F)c(F)c2)c1. The molecule has 2 rings (SSSR count). The lowest BCUT2D eigenvalue weighted by atomic mass is 10.0. The highest BCUT2D eigenvalue weighted by Crippen LogP contribution is 2.20. The van der Waals surface area contributed by atoms with Crippen LogP contribution >= 0.6 is 0 Å². The molecule has 0 radical (unpaired) electrons. The van der Waals surface area contributed by atoms with Gasteiger partial charge >= 0.3 is 0 Å². The average molecular weight is 279 g/mol. The maximum atomic E-state index is 13.1. The van der Waals surface area contributed by atoms with Gasteiger partial charge in [0, 0.05) is 12.2 Å². The molecule has 2 aromatic carbocycles. The van der Waals surface area contributed by atoms with Gasteiger partial charge in [0.25, 0.3) is 0 Å². The number of benzene rings is 2. The fourth-order valence-electron chi connectivity index (χ4n) is 1.92. The van der Waals surface area contributed by atoms with Gasteiger partial charge in [0.2, 0.25) is 0 Å². The van der Waals surface area contributed by atoms with Crippen LogP contribution in [0.1, 0.15) is 30.9 Å². The Kier molecular flexibility index (Phi) is 4.32. The first-order valence-electron chi connectivity index (χ1n) is 6.44. The molecular formula is C16H16F3N. The Hall–Kier alpha value is -1.97. The summed E-state index contributed by atoms with van der Waals surface area (Å²) >= 11 is 0. The second-order valence-electron chi connectivity index (χ2n) is 5.01. The van der Waals surface area contributed by atoms with Gasteiger partial charge < -0.3 is 5.32 Å². The lowest BCUT2D eigenvalue weighted by Gasteiger charge is -2.11. The van der Waals surface area contributed by atoms with Crippen LogP contribution in [0.5, 0.6) is 0 Å². The summed E-state index contributed by atoms with van der Waals surface area (Å²) in [5.74, 6) is -3.37. The molecule has 0 aromatic heterocycles. The van der Waals surface area contributed by atoms with Gasteiger partial charge in [-0.1, -0.05) is 26.0 Å². The third kappa shape index (κ3) is 3.32. The van der Waals surface area contributed by atoms with Crippen molar-refractivity contribution in [2.45, 2.75) is 26.3 Å². The van der Waals surface area contributed by atoms with Crippen LogP contribution in [0.3, 0.4) is 0 Å². The van der Waals surface area contributed by atoms with Gasteiger partial charge in [-0.3, -0.25) is 0 Å². The molecule has 0 fully saturated rings. The first-order chi connectivity index (χ1) is 9.47. The predicted molar refractivity (Wildman–Crippen MR) is 74.2 cm³/mol. The molecule has 0 aliphatic carbocycles. The van der Waals surface area contributed by atoms with E-state index in [0.717, 1.165) is 17.8 Å². The molecule has 0 heterocycles. The molecule has 0 amide bonds. The van der Waals surface area contributed by atoms with Crippen molar-refractivity contribution in [3.05, 3.63) is 65.0 Å². The van der Waals surface area contributed by atoms with Crippen LogP contribution in [0.25, 0.3) is 0 Å². The molecule has 0 saturated heterocycles. The fraction of sp³-hybridized carbons (Fsp3) is 0.250. The normalized spacial score (nSPS) is 10.9. The molecule has 106 valence electrons. The lowest BCUT2D eigenvalue weighted by Crippen LogP contribution is -2.03. The van der Waals surface area contributed by atoms with E-state index in [4.69, 9.17) is 0 Å². The topological polar surface area (TPSA) is 12.0 Å². The zero-order chi connectivity index (χ0) is 14.7. The first kappa shape index (κ1) is 14.4. The largest absolute Gasteiger partial charge is 0.381 e. The predicted octanol–water partition coefficient (Wildman–Crippen LogP) is 4.84. The summed E-state index contributed by atoms with van der Waals surface area (Å²) in [4.78, 5) is 0. The van der Waals surface area contributed by atoms with E-state index in [9.17, 15) is 13.2 Å². The Morgan fingerprint density at radius 1 is 1.00 bits per heavy atom. The maximum Gasteiger partial charge on any atom is 0.194 e. The minimum absolute atomic E-state index is 0.232. The molecule has 2 aromatic rings. The van der Waals surface area contributed by atoms with E-state index in [-0.39, 0.29) is 6.54 Å². The Labute approximate surface area is 116 Å². The standard InChI is InChI=1S/C16H16F3N/c1-10(2)12-4-3-5-13(8-12)20-9-11-6-14(17)16(19)15(18)7-11/h3-8,10,20H,9H2,1-2H3. The van der Waals surface area contributed by atoms with Crippen molar-refractivity contribution in [3.8, 4) is 0 Å². The number of anilines is 1. The van der Waals surface area contributed by atoms with E-state index >= 15 is 0 Å². The molecule has 1 N–H and O–H groups in total. The number of halogens is 3. The summed E-state index contributed by atoms with van der Waals surface area (Å²) in [7, 11) is 0.